The first-order chi connectivity index (χ1) is 16.3. The zero-order chi connectivity index (χ0) is 24.1. The molecular formula is C24H23N3O5S2. The topological polar surface area (TPSA) is 113 Å². The van der Waals surface area contributed by atoms with Gasteiger partial charge in [-0.1, -0.05) is 36.4 Å². The normalized spacial score (nSPS) is 13.1. The molecule has 0 unspecified atom stereocenters. The van der Waals surface area contributed by atoms with E-state index in [1.165, 1.54) is 23.1 Å². The number of carbonyl (C=O) groups is 3. The lowest BCUT2D eigenvalue weighted by molar-refractivity contribution is -0.138. The maximum Gasteiger partial charge on any atom is 0.313 e. The molecule has 1 aliphatic rings. The monoisotopic (exact) mass is 497 g/mol. The lowest BCUT2D eigenvalue weighted by atomic mass is 10.1. The molecule has 3 amide bonds. The van der Waals surface area contributed by atoms with Crippen LogP contribution in [0.2, 0.25) is 0 Å². The lowest BCUT2D eigenvalue weighted by Gasteiger charge is -2.27. The minimum Gasteiger partial charge on any atom is -0.339 e. The molecule has 8 nitrogen and oxygen atoms in total. The summed E-state index contributed by atoms with van der Waals surface area (Å²) in [7, 11) is -3.64. The van der Waals surface area contributed by atoms with Crippen LogP contribution in [0.4, 0.5) is 5.69 Å². The van der Waals surface area contributed by atoms with Crippen molar-refractivity contribution in [3.63, 3.8) is 0 Å². The predicted molar refractivity (Wildman–Crippen MR) is 129 cm³/mol. The molecule has 0 atom stereocenters. The molecule has 4 rings (SSSR count). The second-order valence-corrected chi connectivity index (χ2v) is 10.8. The van der Waals surface area contributed by atoms with Gasteiger partial charge in [-0.25, -0.2) is 8.42 Å². The van der Waals surface area contributed by atoms with Crippen LogP contribution in [0, 0.1) is 0 Å². The van der Waals surface area contributed by atoms with Gasteiger partial charge in [0.25, 0.3) is 0 Å². The molecule has 10 heteroatoms. The highest BCUT2D eigenvalue weighted by Crippen LogP contribution is 2.24. The van der Waals surface area contributed by atoms with Crippen LogP contribution in [0.25, 0.3) is 0 Å². The summed E-state index contributed by atoms with van der Waals surface area (Å²) in [6.07, 6.45) is 0.774. The van der Waals surface area contributed by atoms with E-state index in [4.69, 9.17) is 0 Å². The van der Waals surface area contributed by atoms with Crippen molar-refractivity contribution in [3.05, 3.63) is 82.0 Å². The smallest absolute Gasteiger partial charge is 0.313 e. The molecule has 1 aromatic heterocycles. The van der Waals surface area contributed by atoms with E-state index in [0.29, 0.717) is 18.7 Å². The van der Waals surface area contributed by atoms with Gasteiger partial charge < -0.3 is 15.5 Å². The number of fused-ring (bicyclic) bond motifs is 1. The van der Waals surface area contributed by atoms with Crippen molar-refractivity contribution in [1.29, 1.82) is 0 Å². The van der Waals surface area contributed by atoms with E-state index in [9.17, 15) is 22.8 Å². The first-order valence-electron chi connectivity index (χ1n) is 10.6. The van der Waals surface area contributed by atoms with Gasteiger partial charge in [0.1, 0.15) is 0 Å². The van der Waals surface area contributed by atoms with Gasteiger partial charge in [-0.3, -0.25) is 14.4 Å². The summed E-state index contributed by atoms with van der Waals surface area (Å²) in [5.41, 5.74) is 1.67. The third-order valence-corrected chi connectivity index (χ3v) is 8.18. The number of anilines is 1. The summed E-state index contributed by atoms with van der Waals surface area (Å²) in [5.74, 6) is -2.56. The number of benzene rings is 2. The Morgan fingerprint density at radius 3 is 2.47 bits per heavy atom. The van der Waals surface area contributed by atoms with Crippen molar-refractivity contribution in [3.8, 4) is 0 Å². The zero-order valence-corrected chi connectivity index (χ0v) is 19.8. The van der Waals surface area contributed by atoms with Gasteiger partial charge in [0.15, 0.2) is 9.84 Å². The van der Waals surface area contributed by atoms with Crippen LogP contribution in [0.5, 0.6) is 0 Å². The van der Waals surface area contributed by atoms with Crippen molar-refractivity contribution in [2.75, 3.05) is 18.4 Å². The summed E-state index contributed by atoms with van der Waals surface area (Å²) in [6, 6.07) is 16.4. The van der Waals surface area contributed by atoms with Gasteiger partial charge in [0, 0.05) is 23.7 Å². The number of nitrogens with zero attached hydrogens (tertiary/aromatic N) is 1. The molecule has 3 aromatic rings. The third-order valence-electron chi connectivity index (χ3n) is 5.48. The predicted octanol–water partition coefficient (Wildman–Crippen LogP) is 2.36. The fourth-order valence-corrected chi connectivity index (χ4v) is 5.96. The Balaban J connectivity index is 1.35. The van der Waals surface area contributed by atoms with E-state index in [1.54, 1.807) is 52.6 Å². The molecule has 176 valence electrons. The number of nitrogens with one attached hydrogen (secondary N) is 2. The molecule has 2 heterocycles. The molecule has 2 aromatic carbocycles. The van der Waals surface area contributed by atoms with E-state index in [2.05, 4.69) is 10.6 Å². The Morgan fingerprint density at radius 2 is 1.68 bits per heavy atom. The molecule has 0 saturated heterocycles. The fourth-order valence-electron chi connectivity index (χ4n) is 3.67. The number of hydrogen-bond donors (Lipinski definition) is 2. The molecule has 0 radical (unpaired) electrons. The Labute approximate surface area is 201 Å². The van der Waals surface area contributed by atoms with Crippen molar-refractivity contribution < 1.29 is 22.8 Å². The molecular weight excluding hydrogens is 474 g/mol. The second-order valence-electron chi connectivity index (χ2n) is 7.80. The van der Waals surface area contributed by atoms with Crippen LogP contribution < -0.4 is 10.6 Å². The Bertz CT molecular complexity index is 1320. The largest absolute Gasteiger partial charge is 0.339 e. The van der Waals surface area contributed by atoms with Gasteiger partial charge in [-0.2, -0.15) is 0 Å². The highest BCUT2D eigenvalue weighted by Gasteiger charge is 2.24. The number of amides is 3. The molecule has 0 spiro atoms. The quantitative estimate of drug-likeness (QED) is 0.508. The molecule has 0 saturated carbocycles. The van der Waals surface area contributed by atoms with Crippen molar-refractivity contribution in [2.45, 2.75) is 23.6 Å². The highest BCUT2D eigenvalue weighted by atomic mass is 32.2. The maximum atomic E-state index is 12.7. The fraction of sp³-hybridized carbons (Fsp3) is 0.208. The van der Waals surface area contributed by atoms with Crippen molar-refractivity contribution in [1.82, 2.24) is 10.2 Å². The number of sulfone groups is 1. The van der Waals surface area contributed by atoms with Gasteiger partial charge >= 0.3 is 11.8 Å². The van der Waals surface area contributed by atoms with E-state index in [-0.39, 0.29) is 28.8 Å². The summed E-state index contributed by atoms with van der Waals surface area (Å²) in [6.45, 7) is 0.760. The first kappa shape index (κ1) is 23.7. The van der Waals surface area contributed by atoms with Gasteiger partial charge in [0.05, 0.1) is 17.2 Å². The molecule has 1 aliphatic heterocycles. The number of hydrogen-bond acceptors (Lipinski definition) is 6. The summed E-state index contributed by atoms with van der Waals surface area (Å²) in [5, 5.41) is 6.81. The molecule has 0 aliphatic carbocycles. The minimum atomic E-state index is -3.64. The molecule has 34 heavy (non-hydrogen) atoms. The van der Waals surface area contributed by atoms with E-state index in [1.807, 2.05) is 11.4 Å². The van der Waals surface area contributed by atoms with Crippen LogP contribution in [0.3, 0.4) is 0 Å². The highest BCUT2D eigenvalue weighted by molar-refractivity contribution is 7.90. The first-order valence-corrected chi connectivity index (χ1v) is 13.1. The van der Waals surface area contributed by atoms with Crippen LogP contribution >= 0.6 is 11.3 Å². The van der Waals surface area contributed by atoms with E-state index >= 15 is 0 Å². The average Bonchev–Trinajstić information content (AvgIpc) is 3.32. The standard InChI is InChI=1S/C24H23N3O5S2/c28-22(27-12-10-21-17(15-27)11-13-33-21)14-25-23(29)24(30)26-20-9-5-4-6-18(20)16-34(31,32)19-7-2-1-3-8-19/h1-9,11,13H,10,12,14-16H2,(H,25,29)(H,26,30). The number of carbonyl (C=O) groups excluding carboxylic acids is 3. The summed E-state index contributed by atoms with van der Waals surface area (Å²) >= 11 is 1.67. The summed E-state index contributed by atoms with van der Waals surface area (Å²) in [4.78, 5) is 40.3. The van der Waals surface area contributed by atoms with Gasteiger partial charge in [-0.15, -0.1) is 11.3 Å². The van der Waals surface area contributed by atoms with Crippen molar-refractivity contribution in [2.24, 2.45) is 0 Å². The Kier molecular flexibility index (Phi) is 7.09. The molecule has 2 N–H and O–H groups in total. The zero-order valence-electron chi connectivity index (χ0n) is 18.2. The van der Waals surface area contributed by atoms with Crippen LogP contribution in [0.1, 0.15) is 16.0 Å². The van der Waals surface area contributed by atoms with Crippen LogP contribution in [-0.2, 0) is 42.9 Å². The van der Waals surface area contributed by atoms with E-state index < -0.39 is 21.7 Å². The maximum absolute atomic E-state index is 12.7. The van der Waals surface area contributed by atoms with Crippen molar-refractivity contribution >= 4 is 44.6 Å². The molecule has 0 fully saturated rings. The summed E-state index contributed by atoms with van der Waals surface area (Å²) < 4.78 is 25.5. The Morgan fingerprint density at radius 1 is 0.941 bits per heavy atom. The van der Waals surface area contributed by atoms with E-state index in [0.717, 1.165) is 12.0 Å². The van der Waals surface area contributed by atoms with Gasteiger partial charge in [0.2, 0.25) is 5.91 Å². The van der Waals surface area contributed by atoms with Crippen LogP contribution in [-0.4, -0.2) is 44.1 Å². The Hall–Kier alpha value is -3.50. The number of para-hydroxylation sites is 1. The minimum absolute atomic E-state index is 0.166. The second kappa shape index (κ2) is 10.2. The van der Waals surface area contributed by atoms with Gasteiger partial charge in [-0.05, 0) is 47.2 Å². The SMILES string of the molecule is O=C(NCC(=O)N1CCc2sccc2C1)C(=O)Nc1ccccc1CS(=O)(=O)c1ccccc1. The lowest BCUT2D eigenvalue weighted by Crippen LogP contribution is -2.44. The number of rotatable bonds is 6. The molecule has 0 bridgehead atoms. The van der Waals surface area contributed by atoms with Crippen LogP contribution in [0.15, 0.2) is 70.9 Å². The third kappa shape index (κ3) is 5.52. The number of thiophene rings is 1. The average molecular weight is 498 g/mol.